The van der Waals surface area contributed by atoms with Crippen LogP contribution in [0.4, 0.5) is 9.18 Å². The van der Waals surface area contributed by atoms with E-state index in [1.54, 1.807) is 43.0 Å². The third-order valence-corrected chi connectivity index (χ3v) is 11.8. The molecule has 2 aromatic rings. The number of esters is 1. The number of aryl methyl sites for hydroxylation is 1. The smallest absolute Gasteiger partial charge is 0.431 e. The molecule has 4 aliphatic rings. The molecule has 3 fully saturated rings. The molecule has 278 valence electrons. The van der Waals surface area contributed by atoms with Crippen molar-refractivity contribution >= 4 is 39.9 Å². The van der Waals surface area contributed by atoms with Gasteiger partial charge in [-0.1, -0.05) is 43.2 Å². The molecule has 3 heterocycles. The third-order valence-electron chi connectivity index (χ3n) is 9.51. The normalized spacial score (nSPS) is 23.6. The van der Waals surface area contributed by atoms with E-state index in [2.05, 4.69) is 4.90 Å². The Bertz CT molecular complexity index is 1710. The zero-order chi connectivity index (χ0) is 37.0. The number of amides is 1. The van der Waals surface area contributed by atoms with Crippen LogP contribution in [0.15, 0.2) is 64.0 Å². The molecule has 15 heteroatoms. The number of carbonyl (C=O) groups excluding carboxylic acids is 3. The van der Waals surface area contributed by atoms with E-state index in [0.29, 0.717) is 6.54 Å². The number of halogens is 1. The summed E-state index contributed by atoms with van der Waals surface area (Å²) < 4.78 is 58.8. The number of thioether (sulfide) groups is 1. The molecule has 1 aliphatic carbocycles. The lowest BCUT2D eigenvalue weighted by Gasteiger charge is -2.46. The van der Waals surface area contributed by atoms with Crippen molar-refractivity contribution in [1.29, 1.82) is 0 Å². The maximum atomic E-state index is 13.4. The molecule has 2 aromatic carbocycles. The molecule has 5 atom stereocenters. The second-order valence-corrected chi connectivity index (χ2v) is 16.3. The fraction of sp³-hybridized carbons (Fsp3) is 0.528. The summed E-state index contributed by atoms with van der Waals surface area (Å²) in [7, 11) is -4.02. The number of fused-ring (bicyclic) bond motifs is 1. The number of β-lactam (4-membered cyclic amide) rings is 1. The van der Waals surface area contributed by atoms with E-state index in [0.717, 1.165) is 61.2 Å². The largest absolute Gasteiger partial charge is 0.511 e. The standard InChI is InChI=1S/C29H37FN2O7S.C7H8O3S/c1-16-24-23(17(2)33)27(34)32(24)25(28(35)37-18(3)38-29(36)39-21-7-5-4-6-8-21)26(16)40-22-14-31(15-22)13-19-9-11-20(30)12-10-19;1-6-2-4-7(5-3-6)11(8,9)10/h9-12,16-18,21-24,33H,4-8,13-15H2,1-3H3;2-5H,1H3,(H,8,9,10)/t16-,17-,18?,23-,24-;/m1./s1. The number of carbonyl (C=O) groups is 3. The van der Waals surface area contributed by atoms with E-state index in [4.69, 9.17) is 18.8 Å². The Kier molecular flexibility index (Phi) is 12.5. The molecule has 0 bridgehead atoms. The van der Waals surface area contributed by atoms with Gasteiger partial charge in [-0.2, -0.15) is 8.42 Å². The van der Waals surface area contributed by atoms with Crippen LogP contribution in [-0.4, -0.2) is 88.8 Å². The highest BCUT2D eigenvalue weighted by molar-refractivity contribution is 8.03. The van der Waals surface area contributed by atoms with E-state index in [-0.39, 0.29) is 45.6 Å². The van der Waals surface area contributed by atoms with Crippen LogP contribution in [-0.2, 0) is 40.5 Å². The molecular weight excluding hydrogens is 704 g/mol. The van der Waals surface area contributed by atoms with E-state index < -0.39 is 40.6 Å². The van der Waals surface area contributed by atoms with Crippen molar-refractivity contribution in [3.63, 3.8) is 0 Å². The van der Waals surface area contributed by atoms with Gasteiger partial charge in [0.15, 0.2) is 0 Å². The summed E-state index contributed by atoms with van der Waals surface area (Å²) in [4.78, 5) is 43.0. The van der Waals surface area contributed by atoms with E-state index in [9.17, 15) is 32.3 Å². The van der Waals surface area contributed by atoms with Gasteiger partial charge in [0.05, 0.1) is 23.0 Å². The number of rotatable bonds is 10. The van der Waals surface area contributed by atoms with Gasteiger partial charge in [-0.05, 0) is 69.4 Å². The van der Waals surface area contributed by atoms with Crippen molar-refractivity contribution in [3.8, 4) is 0 Å². The fourth-order valence-electron chi connectivity index (χ4n) is 6.85. The van der Waals surface area contributed by atoms with E-state index in [1.165, 1.54) is 36.1 Å². The molecule has 3 aliphatic heterocycles. The van der Waals surface area contributed by atoms with Crippen LogP contribution in [0.3, 0.4) is 0 Å². The zero-order valence-corrected chi connectivity index (χ0v) is 30.7. The number of benzene rings is 2. The molecule has 2 saturated heterocycles. The Labute approximate surface area is 302 Å². The van der Waals surface area contributed by atoms with Crippen molar-refractivity contribution in [3.05, 3.63) is 76.1 Å². The summed E-state index contributed by atoms with van der Waals surface area (Å²) in [6.45, 7) is 9.06. The number of likely N-dealkylation sites (tertiary alicyclic amines) is 1. The Hall–Kier alpha value is -3.50. The average Bonchev–Trinajstić information content (AvgIpc) is 3.28. The van der Waals surface area contributed by atoms with Gasteiger partial charge < -0.3 is 24.2 Å². The van der Waals surface area contributed by atoms with Crippen LogP contribution < -0.4 is 0 Å². The topological polar surface area (TPSA) is 160 Å². The van der Waals surface area contributed by atoms with Crippen molar-refractivity contribution in [1.82, 2.24) is 9.80 Å². The van der Waals surface area contributed by atoms with Gasteiger partial charge in [-0.3, -0.25) is 14.2 Å². The number of nitrogens with zero attached hydrogens (tertiary/aromatic N) is 2. The summed E-state index contributed by atoms with van der Waals surface area (Å²) in [5.41, 5.74) is 2.14. The minimum Gasteiger partial charge on any atom is -0.431 e. The highest BCUT2D eigenvalue weighted by atomic mass is 32.2. The Morgan fingerprint density at radius 1 is 1.00 bits per heavy atom. The Morgan fingerprint density at radius 2 is 1.63 bits per heavy atom. The second-order valence-electron chi connectivity index (χ2n) is 13.5. The molecule has 0 spiro atoms. The van der Waals surface area contributed by atoms with Gasteiger partial charge in [-0.25, -0.2) is 14.0 Å². The van der Waals surface area contributed by atoms with Gasteiger partial charge in [-0.15, -0.1) is 11.8 Å². The quantitative estimate of drug-likeness (QED) is 0.138. The highest BCUT2D eigenvalue weighted by Gasteiger charge is 2.60. The van der Waals surface area contributed by atoms with Crippen molar-refractivity contribution < 1.29 is 51.1 Å². The maximum absolute atomic E-state index is 13.4. The van der Waals surface area contributed by atoms with E-state index >= 15 is 0 Å². The molecule has 1 unspecified atom stereocenters. The van der Waals surface area contributed by atoms with Crippen molar-refractivity contribution in [2.24, 2.45) is 11.8 Å². The zero-order valence-electron chi connectivity index (χ0n) is 29.1. The SMILES string of the molecule is CC(OC(=O)OC1CCCCC1)OC(=O)C1=C(SC2CN(Cc3ccc(F)cc3)C2)[C@H](C)[C@@H]2[C@@H]([C@@H](C)O)C(=O)N12.Cc1ccc(S(=O)(=O)O)cc1. The Morgan fingerprint density at radius 3 is 2.22 bits per heavy atom. The van der Waals surface area contributed by atoms with Crippen molar-refractivity contribution in [2.45, 2.75) is 101 Å². The minimum absolute atomic E-state index is 0.0666. The monoisotopic (exact) mass is 748 g/mol. The van der Waals surface area contributed by atoms with Crippen LogP contribution in [0.25, 0.3) is 0 Å². The second kappa shape index (κ2) is 16.4. The van der Waals surface area contributed by atoms with Gasteiger partial charge in [0.1, 0.15) is 17.6 Å². The molecule has 1 amide bonds. The molecule has 6 rings (SSSR count). The van der Waals surface area contributed by atoms with Crippen LogP contribution in [0.1, 0.15) is 64.0 Å². The summed E-state index contributed by atoms with van der Waals surface area (Å²) in [5.74, 6) is -2.08. The van der Waals surface area contributed by atoms with Gasteiger partial charge in [0.25, 0.3) is 10.1 Å². The van der Waals surface area contributed by atoms with Gasteiger partial charge >= 0.3 is 12.1 Å². The number of aliphatic hydroxyl groups is 1. The van der Waals surface area contributed by atoms with Gasteiger partial charge in [0.2, 0.25) is 12.2 Å². The predicted molar refractivity (Wildman–Crippen MR) is 186 cm³/mol. The molecule has 12 nitrogen and oxygen atoms in total. The molecule has 51 heavy (non-hydrogen) atoms. The summed E-state index contributed by atoms with van der Waals surface area (Å²) in [6.07, 6.45) is 1.60. The fourth-order valence-corrected chi connectivity index (χ4v) is 8.90. The third kappa shape index (κ3) is 9.49. The molecule has 2 N–H and O–H groups in total. The summed E-state index contributed by atoms with van der Waals surface area (Å²) >= 11 is 1.55. The lowest BCUT2D eigenvalue weighted by molar-refractivity contribution is -0.174. The van der Waals surface area contributed by atoms with Crippen molar-refractivity contribution in [2.75, 3.05) is 13.1 Å². The lowest BCUT2D eigenvalue weighted by atomic mass is 9.79. The van der Waals surface area contributed by atoms with Crippen LogP contribution in [0, 0.1) is 24.6 Å². The molecule has 0 aromatic heterocycles. The van der Waals surface area contributed by atoms with Crippen LogP contribution in [0.2, 0.25) is 0 Å². The Balaban J connectivity index is 0.000000392. The molecule has 0 radical (unpaired) electrons. The van der Waals surface area contributed by atoms with E-state index in [1.807, 2.05) is 13.8 Å². The molecular formula is C36H45FN2O10S2. The number of hydrogen-bond acceptors (Lipinski definition) is 11. The minimum atomic E-state index is -4.02. The summed E-state index contributed by atoms with van der Waals surface area (Å²) in [5, 5.41) is 10.4. The van der Waals surface area contributed by atoms with Crippen LogP contribution >= 0.6 is 11.8 Å². The summed E-state index contributed by atoms with van der Waals surface area (Å²) in [6, 6.07) is 12.1. The number of ether oxygens (including phenoxy) is 3. The highest BCUT2D eigenvalue weighted by Crippen LogP contribution is 2.52. The first-order chi connectivity index (χ1) is 24.1. The van der Waals surface area contributed by atoms with Crippen LogP contribution in [0.5, 0.6) is 0 Å². The lowest BCUT2D eigenvalue weighted by Crippen LogP contribution is -2.63. The first-order valence-corrected chi connectivity index (χ1v) is 19.5. The first kappa shape index (κ1) is 38.7. The average molecular weight is 749 g/mol. The van der Waals surface area contributed by atoms with Gasteiger partial charge in [0, 0.05) is 42.6 Å². The number of aliphatic hydroxyl groups excluding tert-OH is 1. The predicted octanol–water partition coefficient (Wildman–Crippen LogP) is 5.43. The number of hydrogen-bond donors (Lipinski definition) is 2. The molecule has 1 saturated carbocycles. The first-order valence-electron chi connectivity index (χ1n) is 17.1. The maximum Gasteiger partial charge on any atom is 0.511 e.